The molecule has 0 aromatic heterocycles. The van der Waals surface area contributed by atoms with Crippen LogP contribution in [0.1, 0.15) is 57.6 Å². The van der Waals surface area contributed by atoms with Crippen molar-refractivity contribution in [1.82, 2.24) is 0 Å². The van der Waals surface area contributed by atoms with Crippen molar-refractivity contribution in [3.05, 3.63) is 59.7 Å². The molecule has 3 rings (SSSR count). The van der Waals surface area contributed by atoms with Crippen LogP contribution in [0.2, 0.25) is 0 Å². The van der Waals surface area contributed by atoms with E-state index >= 15 is 0 Å². The Balaban J connectivity index is 2.02. The molecule has 0 aliphatic heterocycles. The van der Waals surface area contributed by atoms with Gasteiger partial charge in [-0.15, -0.1) is 0 Å². The maximum Gasteiger partial charge on any atom is 0.0130 e. The van der Waals surface area contributed by atoms with E-state index in [4.69, 9.17) is 0 Å². The molecular formula is C22H28. The predicted molar refractivity (Wildman–Crippen MR) is 96.1 cm³/mol. The molecule has 0 bridgehead atoms. The van der Waals surface area contributed by atoms with E-state index in [2.05, 4.69) is 76.2 Å². The highest BCUT2D eigenvalue weighted by Gasteiger charge is 2.33. The van der Waals surface area contributed by atoms with Crippen LogP contribution in [-0.4, -0.2) is 0 Å². The van der Waals surface area contributed by atoms with Crippen molar-refractivity contribution in [2.24, 2.45) is 17.8 Å². The predicted octanol–water partition coefficient (Wildman–Crippen LogP) is 6.51. The zero-order chi connectivity index (χ0) is 15.7. The Morgan fingerprint density at radius 2 is 1.32 bits per heavy atom. The summed E-state index contributed by atoms with van der Waals surface area (Å²) in [6.07, 6.45) is 2.58. The first-order valence-electron chi connectivity index (χ1n) is 8.81. The second kappa shape index (κ2) is 6.28. The highest BCUT2D eigenvalue weighted by molar-refractivity contribution is 5.78. The number of rotatable bonds is 5. The van der Waals surface area contributed by atoms with Gasteiger partial charge >= 0.3 is 0 Å². The Bertz CT molecular complexity index is 592. The highest BCUT2D eigenvalue weighted by atomic mass is 14.4. The summed E-state index contributed by atoms with van der Waals surface area (Å²) in [7, 11) is 0. The van der Waals surface area contributed by atoms with Gasteiger partial charge in [0.25, 0.3) is 0 Å². The van der Waals surface area contributed by atoms with Gasteiger partial charge < -0.3 is 0 Å². The van der Waals surface area contributed by atoms with Crippen molar-refractivity contribution >= 4 is 0 Å². The third kappa shape index (κ3) is 2.60. The van der Waals surface area contributed by atoms with Crippen molar-refractivity contribution in [3.63, 3.8) is 0 Å². The zero-order valence-electron chi connectivity index (χ0n) is 14.3. The molecule has 0 nitrogen and oxygen atoms in total. The lowest BCUT2D eigenvalue weighted by Gasteiger charge is -2.28. The van der Waals surface area contributed by atoms with Gasteiger partial charge in [0.15, 0.2) is 0 Å². The van der Waals surface area contributed by atoms with Crippen LogP contribution in [0.15, 0.2) is 48.5 Å². The molecule has 2 aromatic rings. The maximum absolute atomic E-state index is 2.42. The summed E-state index contributed by atoms with van der Waals surface area (Å²) < 4.78 is 0. The minimum atomic E-state index is 0.582. The van der Waals surface area contributed by atoms with Crippen LogP contribution in [-0.2, 0) is 0 Å². The third-order valence-electron chi connectivity index (χ3n) is 5.69. The van der Waals surface area contributed by atoms with Gasteiger partial charge in [0, 0.05) is 5.92 Å². The molecule has 0 amide bonds. The average Bonchev–Trinajstić information content (AvgIpc) is 2.87. The Morgan fingerprint density at radius 1 is 0.818 bits per heavy atom. The Labute approximate surface area is 135 Å². The summed E-state index contributed by atoms with van der Waals surface area (Å²) in [6.45, 7) is 9.49. The quantitative estimate of drug-likeness (QED) is 0.589. The fourth-order valence-corrected chi connectivity index (χ4v) is 3.99. The zero-order valence-corrected chi connectivity index (χ0v) is 14.3. The normalized spacial score (nSPS) is 16.4. The van der Waals surface area contributed by atoms with Crippen LogP contribution < -0.4 is 0 Å². The lowest BCUT2D eigenvalue weighted by Crippen LogP contribution is -2.17. The van der Waals surface area contributed by atoms with E-state index in [1.807, 2.05) is 0 Å². The van der Waals surface area contributed by atoms with Crippen molar-refractivity contribution in [2.75, 3.05) is 0 Å². The molecule has 2 atom stereocenters. The topological polar surface area (TPSA) is 0 Å². The van der Waals surface area contributed by atoms with Crippen molar-refractivity contribution in [1.29, 1.82) is 0 Å². The first kappa shape index (κ1) is 15.3. The largest absolute Gasteiger partial charge is 0.0651 e. The minimum absolute atomic E-state index is 0.582. The van der Waals surface area contributed by atoms with E-state index in [1.54, 1.807) is 11.1 Å². The van der Waals surface area contributed by atoms with Crippen molar-refractivity contribution in [3.8, 4) is 11.1 Å². The average molecular weight is 292 g/mol. The highest BCUT2D eigenvalue weighted by Crippen LogP contribution is 2.50. The van der Waals surface area contributed by atoms with Crippen LogP contribution in [0.25, 0.3) is 11.1 Å². The van der Waals surface area contributed by atoms with Crippen molar-refractivity contribution in [2.45, 2.75) is 46.5 Å². The number of hydrogen-bond donors (Lipinski definition) is 0. The van der Waals surface area contributed by atoms with Crippen LogP contribution in [0, 0.1) is 17.8 Å². The Kier molecular flexibility index (Phi) is 4.38. The molecule has 1 aliphatic rings. The van der Waals surface area contributed by atoms with E-state index in [9.17, 15) is 0 Å². The van der Waals surface area contributed by atoms with Gasteiger partial charge in [-0.05, 0) is 46.4 Å². The molecule has 0 saturated carbocycles. The van der Waals surface area contributed by atoms with Gasteiger partial charge in [0.1, 0.15) is 0 Å². The standard InChI is InChI=1S/C22H28/c1-5-17(14-16(4)15(2)3)22-20-12-8-6-10-18(20)19-11-7-9-13-21(19)22/h6-13,15-17,22H,5,14H2,1-4H3. The first-order chi connectivity index (χ1) is 10.6. The summed E-state index contributed by atoms with van der Waals surface area (Å²) in [5.74, 6) is 2.87. The van der Waals surface area contributed by atoms with E-state index in [-0.39, 0.29) is 0 Å². The van der Waals surface area contributed by atoms with Crippen LogP contribution in [0.4, 0.5) is 0 Å². The molecule has 0 saturated heterocycles. The van der Waals surface area contributed by atoms with E-state index in [0.29, 0.717) is 5.92 Å². The fraction of sp³-hybridized carbons (Fsp3) is 0.455. The van der Waals surface area contributed by atoms with Gasteiger partial charge in [-0.1, -0.05) is 82.6 Å². The molecule has 1 aliphatic carbocycles. The Morgan fingerprint density at radius 3 is 1.77 bits per heavy atom. The molecule has 0 spiro atoms. The molecule has 116 valence electrons. The molecule has 2 unspecified atom stereocenters. The van der Waals surface area contributed by atoms with Gasteiger partial charge in [0.05, 0.1) is 0 Å². The smallest absolute Gasteiger partial charge is 0.0130 e. The molecule has 0 radical (unpaired) electrons. The minimum Gasteiger partial charge on any atom is -0.0651 e. The fourth-order valence-electron chi connectivity index (χ4n) is 3.99. The van der Waals surface area contributed by atoms with Gasteiger partial charge in [-0.2, -0.15) is 0 Å². The summed E-state index contributed by atoms with van der Waals surface area (Å²) in [5.41, 5.74) is 6.01. The summed E-state index contributed by atoms with van der Waals surface area (Å²) in [6, 6.07) is 18.1. The van der Waals surface area contributed by atoms with Gasteiger partial charge in [-0.25, -0.2) is 0 Å². The summed E-state index contributed by atoms with van der Waals surface area (Å²) in [4.78, 5) is 0. The summed E-state index contributed by atoms with van der Waals surface area (Å²) in [5, 5.41) is 0. The lowest BCUT2D eigenvalue weighted by molar-refractivity contribution is 0.295. The molecule has 2 aromatic carbocycles. The second-order valence-electron chi connectivity index (χ2n) is 7.28. The van der Waals surface area contributed by atoms with E-state index in [0.717, 1.165) is 17.8 Å². The second-order valence-corrected chi connectivity index (χ2v) is 7.28. The molecule has 0 fully saturated rings. The van der Waals surface area contributed by atoms with Crippen molar-refractivity contribution < 1.29 is 0 Å². The molecule has 0 heterocycles. The van der Waals surface area contributed by atoms with Crippen LogP contribution in [0.3, 0.4) is 0 Å². The molecule has 0 N–H and O–H groups in total. The number of benzene rings is 2. The van der Waals surface area contributed by atoms with E-state index in [1.165, 1.54) is 24.0 Å². The first-order valence-corrected chi connectivity index (χ1v) is 8.81. The van der Waals surface area contributed by atoms with Crippen LogP contribution >= 0.6 is 0 Å². The third-order valence-corrected chi connectivity index (χ3v) is 5.69. The lowest BCUT2D eigenvalue weighted by atomic mass is 9.76. The molecule has 22 heavy (non-hydrogen) atoms. The van der Waals surface area contributed by atoms with Gasteiger partial charge in [-0.3, -0.25) is 0 Å². The Hall–Kier alpha value is -1.56. The van der Waals surface area contributed by atoms with E-state index < -0.39 is 0 Å². The monoisotopic (exact) mass is 292 g/mol. The molecule has 0 heteroatoms. The summed E-state index contributed by atoms with van der Waals surface area (Å²) >= 11 is 0. The SMILES string of the molecule is CCC(CC(C)C(C)C)C1c2ccccc2-c2ccccc21. The maximum atomic E-state index is 2.42. The number of hydrogen-bond acceptors (Lipinski definition) is 0. The van der Waals surface area contributed by atoms with Crippen LogP contribution in [0.5, 0.6) is 0 Å². The number of fused-ring (bicyclic) bond motifs is 3. The molecular weight excluding hydrogens is 264 g/mol. The van der Waals surface area contributed by atoms with Gasteiger partial charge in [0.2, 0.25) is 0 Å².